The molecule has 0 aliphatic heterocycles. The van der Waals surface area contributed by atoms with Gasteiger partial charge < -0.3 is 20.2 Å². The van der Waals surface area contributed by atoms with Crippen LogP contribution < -0.4 is 10.0 Å². The summed E-state index contributed by atoms with van der Waals surface area (Å²) in [6.07, 6.45) is 7.09. The summed E-state index contributed by atoms with van der Waals surface area (Å²) in [6.45, 7) is 15.2. The molecule has 208 valence electrons. The number of carbonyl (C=O) groups is 2. The van der Waals surface area contributed by atoms with Crippen molar-refractivity contribution in [1.29, 1.82) is 0 Å². The molecule has 2 aliphatic carbocycles. The first-order chi connectivity index (χ1) is 17.7. The summed E-state index contributed by atoms with van der Waals surface area (Å²) in [5.74, 6) is -0.758. The third-order valence-electron chi connectivity index (χ3n) is 8.45. The van der Waals surface area contributed by atoms with E-state index in [4.69, 9.17) is 0 Å². The topological polar surface area (TPSA) is 98.3 Å². The van der Waals surface area contributed by atoms with Crippen LogP contribution in [0.15, 0.2) is 18.2 Å². The first-order valence-electron chi connectivity index (χ1n) is 14.2. The average Bonchev–Trinajstić information content (AvgIpc) is 3.11. The van der Waals surface area contributed by atoms with Crippen LogP contribution in [0.3, 0.4) is 0 Å². The van der Waals surface area contributed by atoms with E-state index in [1.807, 2.05) is 25.1 Å². The number of carboxylic acid groups (broad SMARTS) is 1. The van der Waals surface area contributed by atoms with Crippen molar-refractivity contribution in [3.05, 3.63) is 46.1 Å². The molecule has 2 aromatic heterocycles. The van der Waals surface area contributed by atoms with Crippen molar-refractivity contribution in [2.45, 2.75) is 117 Å². The number of nitrogens with zero attached hydrogens (tertiary/aromatic N) is 2. The van der Waals surface area contributed by atoms with Gasteiger partial charge in [0.2, 0.25) is 0 Å². The van der Waals surface area contributed by atoms with Crippen molar-refractivity contribution in [2.24, 2.45) is 11.8 Å². The highest BCUT2D eigenvalue weighted by molar-refractivity contribution is 5.97. The van der Waals surface area contributed by atoms with Crippen LogP contribution in [0.4, 0.5) is 0 Å². The van der Waals surface area contributed by atoms with Crippen LogP contribution in [0.2, 0.25) is 0 Å². The van der Waals surface area contributed by atoms with Crippen LogP contribution in [-0.4, -0.2) is 27.6 Å². The number of amides is 1. The van der Waals surface area contributed by atoms with E-state index in [1.165, 1.54) is 32.1 Å². The van der Waals surface area contributed by atoms with Gasteiger partial charge in [-0.3, -0.25) is 9.59 Å². The van der Waals surface area contributed by atoms with E-state index < -0.39 is 5.97 Å². The third-order valence-corrected chi connectivity index (χ3v) is 8.45. The van der Waals surface area contributed by atoms with E-state index in [0.717, 1.165) is 28.2 Å². The fraction of sp³-hybridized carbons (Fsp3) is 0.645. The Labute approximate surface area is 227 Å². The summed E-state index contributed by atoms with van der Waals surface area (Å²) in [7, 11) is 0. The fourth-order valence-electron chi connectivity index (χ4n) is 5.95. The first-order valence-corrected chi connectivity index (χ1v) is 14.2. The van der Waals surface area contributed by atoms with Crippen molar-refractivity contribution in [3.63, 3.8) is 0 Å². The second-order valence-corrected chi connectivity index (χ2v) is 13.6. The van der Waals surface area contributed by atoms with E-state index in [2.05, 4.69) is 51.4 Å². The molecule has 2 fully saturated rings. The molecule has 0 atom stereocenters. The predicted octanol–water partition coefficient (Wildman–Crippen LogP) is 5.87. The zero-order valence-corrected chi connectivity index (χ0v) is 24.2. The lowest BCUT2D eigenvalue weighted by molar-refractivity contribution is -0.629. The third kappa shape index (κ3) is 5.76. The van der Waals surface area contributed by atoms with Gasteiger partial charge in [-0.25, -0.2) is 0 Å². The monoisotopic (exact) mass is 523 g/mol. The summed E-state index contributed by atoms with van der Waals surface area (Å²) >= 11 is 0. The number of hydrogen-bond acceptors (Lipinski definition) is 3. The minimum Gasteiger partial charge on any atom is -0.618 e. The molecule has 0 bridgehead atoms. The van der Waals surface area contributed by atoms with E-state index in [0.29, 0.717) is 35.7 Å². The van der Waals surface area contributed by atoms with E-state index >= 15 is 0 Å². The molecule has 7 heteroatoms. The van der Waals surface area contributed by atoms with E-state index in [9.17, 15) is 19.9 Å². The Balaban J connectivity index is 1.78. The summed E-state index contributed by atoms with van der Waals surface area (Å²) in [4.78, 5) is 24.6. The number of carboxylic acids is 1. The SMILES string of the molecule is Cc1c(C(=O)N[C@H]2C[C@H](C(=O)O)C2)cc(-c2cc(C(C)(C)C)[n+]([O-])c(C(C)(C)C)c2)n1CC1CCCCC1. The molecular weight excluding hydrogens is 478 g/mol. The van der Waals surface area contributed by atoms with Crippen molar-refractivity contribution in [1.82, 2.24) is 9.88 Å². The number of aliphatic carboxylic acids is 1. The molecule has 2 heterocycles. The molecule has 2 aliphatic rings. The Morgan fingerprint density at radius 3 is 2.05 bits per heavy atom. The maximum Gasteiger partial charge on any atom is 0.306 e. The molecule has 38 heavy (non-hydrogen) atoms. The van der Waals surface area contributed by atoms with Gasteiger partial charge in [-0.15, -0.1) is 0 Å². The fourth-order valence-corrected chi connectivity index (χ4v) is 5.95. The Bertz CT molecular complexity index is 1170. The molecule has 0 aromatic carbocycles. The predicted molar refractivity (Wildman–Crippen MR) is 149 cm³/mol. The summed E-state index contributed by atoms with van der Waals surface area (Å²) in [5, 5.41) is 25.7. The molecule has 0 spiro atoms. The maximum absolute atomic E-state index is 13.5. The molecule has 7 nitrogen and oxygen atoms in total. The van der Waals surface area contributed by atoms with Gasteiger partial charge in [0.25, 0.3) is 5.91 Å². The Morgan fingerprint density at radius 1 is 1.00 bits per heavy atom. The van der Waals surface area contributed by atoms with Crippen LogP contribution in [0.25, 0.3) is 11.3 Å². The molecule has 0 saturated heterocycles. The van der Waals surface area contributed by atoms with Gasteiger partial charge in [0.1, 0.15) is 0 Å². The molecule has 0 radical (unpaired) electrons. The number of aromatic nitrogens is 2. The van der Waals surface area contributed by atoms with E-state index in [-0.39, 0.29) is 28.7 Å². The molecular formula is C31H45N3O4. The molecule has 4 rings (SSSR count). The molecule has 2 N–H and O–H groups in total. The van der Waals surface area contributed by atoms with Gasteiger partial charge in [0, 0.05) is 52.5 Å². The van der Waals surface area contributed by atoms with Crippen molar-refractivity contribution < 1.29 is 19.4 Å². The zero-order chi connectivity index (χ0) is 28.0. The van der Waals surface area contributed by atoms with E-state index in [1.54, 1.807) is 0 Å². The number of carbonyl (C=O) groups excluding carboxylic acids is 1. The second kappa shape index (κ2) is 10.4. The van der Waals surface area contributed by atoms with Crippen LogP contribution in [0.5, 0.6) is 0 Å². The normalized spacial score (nSPS) is 20.7. The zero-order valence-electron chi connectivity index (χ0n) is 24.2. The second-order valence-electron chi connectivity index (χ2n) is 13.6. The lowest BCUT2D eigenvalue weighted by Crippen LogP contribution is -2.46. The standard InChI is InChI=1S/C31H45N3O4/c1-19-24(28(35)32-23-13-22(14-23)29(36)37)17-25(33(19)18-20-11-9-8-10-12-20)21-15-26(30(2,3)4)34(38)27(16-21)31(5,6)7/h15-17,20,22-23H,8-14,18H2,1-7H3,(H,32,35)(H,36,37)/t22-,23-. The lowest BCUT2D eigenvalue weighted by Gasteiger charge is -2.32. The maximum atomic E-state index is 13.5. The first kappa shape index (κ1) is 28.2. The van der Waals surface area contributed by atoms with Crippen LogP contribution in [-0.2, 0) is 22.2 Å². The number of rotatable bonds is 6. The van der Waals surface area contributed by atoms with Gasteiger partial charge in [0.05, 0.1) is 11.5 Å². The van der Waals surface area contributed by atoms with Crippen molar-refractivity contribution in [2.75, 3.05) is 0 Å². The number of nitrogens with one attached hydrogen (secondary N) is 1. The number of hydrogen-bond donors (Lipinski definition) is 2. The number of pyridine rings is 1. The molecule has 2 aromatic rings. The lowest BCUT2D eigenvalue weighted by atomic mass is 9.80. The van der Waals surface area contributed by atoms with Gasteiger partial charge in [-0.2, -0.15) is 4.73 Å². The average molecular weight is 524 g/mol. The van der Waals surface area contributed by atoms with Gasteiger partial charge >= 0.3 is 5.97 Å². The Hall–Kier alpha value is -2.83. The largest absolute Gasteiger partial charge is 0.618 e. The molecule has 2 saturated carbocycles. The molecule has 0 unspecified atom stereocenters. The Kier molecular flexibility index (Phi) is 7.70. The summed E-state index contributed by atoms with van der Waals surface area (Å²) in [5.41, 5.74) is 4.20. The van der Waals surface area contributed by atoms with Gasteiger partial charge in [0.15, 0.2) is 11.4 Å². The van der Waals surface area contributed by atoms with Crippen LogP contribution >= 0.6 is 0 Å². The van der Waals surface area contributed by atoms with Gasteiger partial charge in [-0.1, -0.05) is 60.8 Å². The van der Waals surface area contributed by atoms with Crippen LogP contribution in [0.1, 0.15) is 114 Å². The minimum absolute atomic E-state index is 0.107. The quantitative estimate of drug-likeness (QED) is 0.366. The molecule has 1 amide bonds. The van der Waals surface area contributed by atoms with Crippen molar-refractivity contribution in [3.8, 4) is 11.3 Å². The Morgan fingerprint density at radius 2 is 1.55 bits per heavy atom. The smallest absolute Gasteiger partial charge is 0.306 e. The van der Waals surface area contributed by atoms with Gasteiger partial charge in [-0.05, 0) is 44.6 Å². The van der Waals surface area contributed by atoms with Crippen LogP contribution in [0, 0.1) is 24.0 Å². The summed E-state index contributed by atoms with van der Waals surface area (Å²) < 4.78 is 3.38. The highest BCUT2D eigenvalue weighted by Gasteiger charge is 2.36. The minimum atomic E-state index is -0.795. The summed E-state index contributed by atoms with van der Waals surface area (Å²) in [6, 6.07) is 5.87. The highest BCUT2D eigenvalue weighted by atomic mass is 16.5. The van der Waals surface area contributed by atoms with Crippen molar-refractivity contribution >= 4 is 11.9 Å². The highest BCUT2D eigenvalue weighted by Crippen LogP contribution is 2.35.